The summed E-state index contributed by atoms with van der Waals surface area (Å²) in [5.41, 5.74) is 3.52. The van der Waals surface area contributed by atoms with Crippen LogP contribution in [0.1, 0.15) is 42.1 Å². The van der Waals surface area contributed by atoms with Crippen LogP contribution in [0.15, 0.2) is 53.0 Å². The Hall–Kier alpha value is -3.41. The van der Waals surface area contributed by atoms with Crippen LogP contribution in [-0.2, 0) is 9.53 Å². The second-order valence-corrected chi connectivity index (χ2v) is 7.31. The fourth-order valence-electron chi connectivity index (χ4n) is 4.05. The summed E-state index contributed by atoms with van der Waals surface area (Å²) in [6.07, 6.45) is 3.57. The van der Waals surface area contributed by atoms with E-state index in [4.69, 9.17) is 4.74 Å². The van der Waals surface area contributed by atoms with Gasteiger partial charge in [0, 0.05) is 12.1 Å². The fraction of sp³-hybridized carbons (Fsp3) is 0.261. The Balaban J connectivity index is 2.05. The Bertz CT molecular complexity index is 1190. The molecule has 2 unspecified atom stereocenters. The van der Waals surface area contributed by atoms with Gasteiger partial charge in [-0.05, 0) is 44.5 Å². The Labute approximate surface area is 168 Å². The van der Waals surface area contributed by atoms with Gasteiger partial charge in [-0.25, -0.2) is 0 Å². The quantitative estimate of drug-likeness (QED) is 0.693. The van der Waals surface area contributed by atoms with Crippen molar-refractivity contribution in [2.45, 2.75) is 26.7 Å². The average molecular weight is 390 g/mol. The summed E-state index contributed by atoms with van der Waals surface area (Å²) in [4.78, 5) is 30.1. The van der Waals surface area contributed by atoms with Gasteiger partial charge in [-0.15, -0.1) is 0 Å². The second kappa shape index (κ2) is 7.20. The maximum Gasteiger partial charge on any atom is 0.314 e. The molecule has 0 saturated heterocycles. The number of esters is 1. The van der Waals surface area contributed by atoms with E-state index in [1.54, 1.807) is 23.6 Å². The normalized spacial score (nSPS) is 18.2. The van der Waals surface area contributed by atoms with Crippen molar-refractivity contribution in [2.75, 3.05) is 6.61 Å². The number of aromatic nitrogens is 2. The van der Waals surface area contributed by atoms with Crippen molar-refractivity contribution < 1.29 is 14.6 Å². The molecule has 0 bridgehead atoms. The summed E-state index contributed by atoms with van der Waals surface area (Å²) in [5.74, 6) is -1.57. The lowest BCUT2D eigenvalue weighted by molar-refractivity contribution is -0.147. The number of hydrogen-bond donors (Lipinski definition) is 1. The minimum atomic E-state index is -0.616. The van der Waals surface area contributed by atoms with Crippen molar-refractivity contribution in [3.63, 3.8) is 0 Å². The molecule has 1 aliphatic carbocycles. The molecule has 0 amide bonds. The van der Waals surface area contributed by atoms with Crippen LogP contribution in [0.4, 0.5) is 0 Å². The predicted octanol–water partition coefficient (Wildman–Crippen LogP) is 3.44. The van der Waals surface area contributed by atoms with Crippen LogP contribution in [0.5, 0.6) is 5.75 Å². The predicted molar refractivity (Wildman–Crippen MR) is 110 cm³/mol. The zero-order chi connectivity index (χ0) is 20.7. The van der Waals surface area contributed by atoms with Crippen LogP contribution >= 0.6 is 0 Å². The molecule has 4 rings (SSSR count). The molecular weight excluding hydrogens is 368 g/mol. The standard InChI is InChI=1S/C23H22N2O4/c1-4-29-23(28)18-14(3)12-16-20(19(18)15-9-7-13(2)8-10-15)22(27)24-21-17(26)6-5-11-25(16)21/h5-12,18-19,26H,4H2,1-3H3. The smallest absolute Gasteiger partial charge is 0.314 e. The number of nitrogens with zero attached hydrogens (tertiary/aromatic N) is 2. The third-order valence-electron chi connectivity index (χ3n) is 5.40. The van der Waals surface area contributed by atoms with Crippen LogP contribution in [0.3, 0.4) is 0 Å². The maximum atomic E-state index is 13.1. The number of carbonyl (C=O) groups is 1. The van der Waals surface area contributed by atoms with Crippen molar-refractivity contribution in [1.29, 1.82) is 0 Å². The van der Waals surface area contributed by atoms with Gasteiger partial charge in [-0.2, -0.15) is 4.98 Å². The first kappa shape index (κ1) is 18.9. The van der Waals surface area contributed by atoms with Crippen molar-refractivity contribution in [2.24, 2.45) is 5.92 Å². The van der Waals surface area contributed by atoms with E-state index < -0.39 is 17.4 Å². The zero-order valence-electron chi connectivity index (χ0n) is 16.5. The van der Waals surface area contributed by atoms with Gasteiger partial charge in [-0.3, -0.25) is 14.0 Å². The lowest BCUT2D eigenvalue weighted by Gasteiger charge is -2.32. The first-order valence-electron chi connectivity index (χ1n) is 9.58. The Morgan fingerprint density at radius 2 is 1.93 bits per heavy atom. The van der Waals surface area contributed by atoms with Gasteiger partial charge >= 0.3 is 5.97 Å². The number of pyridine rings is 1. The largest absolute Gasteiger partial charge is 0.504 e. The van der Waals surface area contributed by atoms with Gasteiger partial charge in [0.1, 0.15) is 0 Å². The van der Waals surface area contributed by atoms with E-state index in [1.165, 1.54) is 6.07 Å². The second-order valence-electron chi connectivity index (χ2n) is 7.31. The molecular formula is C23H22N2O4. The monoisotopic (exact) mass is 390 g/mol. The molecule has 1 aliphatic rings. The third-order valence-corrected chi connectivity index (χ3v) is 5.40. The number of rotatable bonds is 3. The fourth-order valence-corrected chi connectivity index (χ4v) is 4.05. The lowest BCUT2D eigenvalue weighted by atomic mass is 9.73. The highest BCUT2D eigenvalue weighted by Gasteiger charge is 2.40. The summed E-state index contributed by atoms with van der Waals surface area (Å²) >= 11 is 0. The SMILES string of the molecule is CCOC(=O)C1C(C)=Cc2c(c(=O)nc3c(O)cccn23)C1c1ccc(C)cc1. The minimum absolute atomic E-state index is 0.0714. The Morgan fingerprint density at radius 3 is 2.62 bits per heavy atom. The van der Waals surface area contributed by atoms with Gasteiger partial charge in [0.25, 0.3) is 5.56 Å². The van der Waals surface area contributed by atoms with E-state index in [1.807, 2.05) is 44.2 Å². The molecule has 3 aromatic rings. The lowest BCUT2D eigenvalue weighted by Crippen LogP contribution is -2.34. The van der Waals surface area contributed by atoms with E-state index >= 15 is 0 Å². The maximum absolute atomic E-state index is 13.1. The minimum Gasteiger partial charge on any atom is -0.504 e. The van der Waals surface area contributed by atoms with Crippen molar-refractivity contribution in [3.8, 4) is 5.75 Å². The number of fused-ring (bicyclic) bond motifs is 3. The molecule has 6 heteroatoms. The summed E-state index contributed by atoms with van der Waals surface area (Å²) in [6.45, 7) is 5.88. The molecule has 0 aliphatic heterocycles. The highest BCUT2D eigenvalue weighted by Crippen LogP contribution is 2.42. The molecule has 2 atom stereocenters. The molecule has 1 aromatic carbocycles. The Morgan fingerprint density at radius 1 is 1.21 bits per heavy atom. The summed E-state index contributed by atoms with van der Waals surface area (Å²) in [7, 11) is 0. The summed E-state index contributed by atoms with van der Waals surface area (Å²) < 4.78 is 7.03. The molecule has 2 aromatic heterocycles. The molecule has 6 nitrogen and oxygen atoms in total. The van der Waals surface area contributed by atoms with Crippen LogP contribution in [0.2, 0.25) is 0 Å². The molecule has 1 N–H and O–H groups in total. The van der Waals surface area contributed by atoms with E-state index in [0.717, 1.165) is 16.7 Å². The molecule has 2 heterocycles. The number of hydrogen-bond acceptors (Lipinski definition) is 5. The van der Waals surface area contributed by atoms with Gasteiger partial charge < -0.3 is 9.84 Å². The molecule has 148 valence electrons. The number of benzene rings is 1. The van der Waals surface area contributed by atoms with E-state index in [9.17, 15) is 14.7 Å². The van der Waals surface area contributed by atoms with Crippen LogP contribution in [0, 0.1) is 12.8 Å². The molecule has 29 heavy (non-hydrogen) atoms. The van der Waals surface area contributed by atoms with E-state index in [-0.39, 0.29) is 24.0 Å². The first-order chi connectivity index (χ1) is 13.9. The van der Waals surface area contributed by atoms with Gasteiger partial charge in [-0.1, -0.05) is 35.4 Å². The summed E-state index contributed by atoms with van der Waals surface area (Å²) in [5, 5.41) is 10.2. The summed E-state index contributed by atoms with van der Waals surface area (Å²) in [6, 6.07) is 11.0. The average Bonchev–Trinajstić information content (AvgIpc) is 2.69. The van der Waals surface area contributed by atoms with Crippen molar-refractivity contribution >= 4 is 17.7 Å². The first-order valence-corrected chi connectivity index (χ1v) is 9.58. The van der Waals surface area contributed by atoms with Crippen LogP contribution in [-0.4, -0.2) is 27.1 Å². The van der Waals surface area contributed by atoms with Gasteiger partial charge in [0.15, 0.2) is 11.4 Å². The van der Waals surface area contributed by atoms with Crippen LogP contribution in [0.25, 0.3) is 11.7 Å². The van der Waals surface area contributed by atoms with Crippen molar-refractivity contribution in [1.82, 2.24) is 9.38 Å². The number of ether oxygens (including phenoxy) is 1. The molecule has 0 spiro atoms. The number of aryl methyl sites for hydroxylation is 1. The third kappa shape index (κ3) is 3.10. The highest BCUT2D eigenvalue weighted by molar-refractivity contribution is 5.82. The van der Waals surface area contributed by atoms with Crippen LogP contribution < -0.4 is 5.56 Å². The molecule has 0 fully saturated rings. The van der Waals surface area contributed by atoms with E-state index in [0.29, 0.717) is 11.3 Å². The molecule has 0 radical (unpaired) electrons. The number of carbonyl (C=O) groups excluding carboxylic acids is 1. The highest BCUT2D eigenvalue weighted by atomic mass is 16.5. The Kier molecular flexibility index (Phi) is 4.70. The van der Waals surface area contributed by atoms with Gasteiger partial charge in [0.05, 0.1) is 23.8 Å². The van der Waals surface area contributed by atoms with Gasteiger partial charge in [0.2, 0.25) is 0 Å². The van der Waals surface area contributed by atoms with E-state index in [2.05, 4.69) is 4.98 Å². The topological polar surface area (TPSA) is 80.9 Å². The zero-order valence-corrected chi connectivity index (χ0v) is 16.5. The van der Waals surface area contributed by atoms with Crippen molar-refractivity contribution in [3.05, 3.63) is 80.9 Å². The molecule has 0 saturated carbocycles. The number of aromatic hydroxyl groups is 1.